The highest BCUT2D eigenvalue weighted by atomic mass is 32.2. The lowest BCUT2D eigenvalue weighted by Gasteiger charge is -2.09. The van der Waals surface area contributed by atoms with Crippen molar-refractivity contribution >= 4 is 21.5 Å². The van der Waals surface area contributed by atoms with E-state index in [0.29, 0.717) is 18.7 Å². The summed E-state index contributed by atoms with van der Waals surface area (Å²) in [6.45, 7) is 0.326. The number of para-hydroxylation sites is 1. The molecule has 0 fully saturated rings. The number of aliphatic imine (C=N–C) groups is 1. The molecule has 30 heavy (non-hydrogen) atoms. The van der Waals surface area contributed by atoms with Gasteiger partial charge in [-0.2, -0.15) is 0 Å². The van der Waals surface area contributed by atoms with Gasteiger partial charge in [0, 0.05) is 18.3 Å². The highest BCUT2D eigenvalue weighted by Crippen LogP contribution is 2.23. The highest BCUT2D eigenvalue weighted by molar-refractivity contribution is 7.90. The summed E-state index contributed by atoms with van der Waals surface area (Å²) in [7, 11) is -3.17. The molecule has 3 aromatic rings. The third-order valence-corrected chi connectivity index (χ3v) is 5.89. The SMILES string of the molecule is NC(=NCCCS(=O)(=O)Cc1ccccc1)Nc1cccc(Oc2ccccc2)c1. The van der Waals surface area contributed by atoms with Crippen LogP contribution in [0.4, 0.5) is 5.69 Å². The topological polar surface area (TPSA) is 93.8 Å². The molecule has 6 nitrogen and oxygen atoms in total. The molecule has 0 radical (unpaired) electrons. The van der Waals surface area contributed by atoms with Gasteiger partial charge in [-0.15, -0.1) is 0 Å². The van der Waals surface area contributed by atoms with Crippen LogP contribution in [0, 0.1) is 0 Å². The summed E-state index contributed by atoms with van der Waals surface area (Å²) in [5.74, 6) is 1.75. The largest absolute Gasteiger partial charge is 0.457 e. The Morgan fingerprint density at radius 2 is 1.57 bits per heavy atom. The second-order valence-corrected chi connectivity index (χ2v) is 8.95. The molecular formula is C23H25N3O3S. The first-order valence-electron chi connectivity index (χ1n) is 9.64. The second-order valence-electron chi connectivity index (χ2n) is 6.77. The van der Waals surface area contributed by atoms with Crippen molar-refractivity contribution in [2.24, 2.45) is 10.7 Å². The second kappa shape index (κ2) is 10.5. The summed E-state index contributed by atoms with van der Waals surface area (Å²) in [6.07, 6.45) is 0.411. The average molecular weight is 424 g/mol. The molecule has 0 amide bonds. The van der Waals surface area contributed by atoms with E-state index in [1.54, 1.807) is 0 Å². The third kappa shape index (κ3) is 7.25. The molecule has 0 saturated heterocycles. The van der Waals surface area contributed by atoms with Crippen LogP contribution in [0.3, 0.4) is 0 Å². The predicted octanol–water partition coefficient (Wildman–Crippen LogP) is 4.21. The molecule has 0 bridgehead atoms. The van der Waals surface area contributed by atoms with E-state index in [1.165, 1.54) is 0 Å². The summed E-state index contributed by atoms with van der Waals surface area (Å²) in [5, 5.41) is 3.00. The summed E-state index contributed by atoms with van der Waals surface area (Å²) >= 11 is 0. The number of hydrogen-bond donors (Lipinski definition) is 2. The molecule has 0 aliphatic carbocycles. The van der Waals surface area contributed by atoms with Gasteiger partial charge in [0.15, 0.2) is 15.8 Å². The van der Waals surface area contributed by atoms with Gasteiger partial charge < -0.3 is 15.8 Å². The quantitative estimate of drug-likeness (QED) is 0.305. The minimum atomic E-state index is -3.17. The van der Waals surface area contributed by atoms with Gasteiger partial charge in [-0.1, -0.05) is 54.6 Å². The number of nitrogens with two attached hydrogens (primary N) is 1. The molecule has 3 rings (SSSR count). The monoisotopic (exact) mass is 423 g/mol. The van der Waals surface area contributed by atoms with E-state index in [0.717, 1.165) is 17.0 Å². The Kier molecular flexibility index (Phi) is 7.45. The van der Waals surface area contributed by atoms with E-state index in [9.17, 15) is 8.42 Å². The number of sulfone groups is 1. The van der Waals surface area contributed by atoms with Gasteiger partial charge in [0.25, 0.3) is 0 Å². The minimum Gasteiger partial charge on any atom is -0.457 e. The van der Waals surface area contributed by atoms with Crippen LogP contribution in [-0.4, -0.2) is 26.7 Å². The van der Waals surface area contributed by atoms with Gasteiger partial charge >= 0.3 is 0 Å². The first kappa shape index (κ1) is 21.4. The van der Waals surface area contributed by atoms with Crippen molar-refractivity contribution in [2.45, 2.75) is 12.2 Å². The molecule has 7 heteroatoms. The zero-order valence-electron chi connectivity index (χ0n) is 16.6. The fourth-order valence-electron chi connectivity index (χ4n) is 2.83. The maximum Gasteiger partial charge on any atom is 0.193 e. The molecule has 0 aliphatic heterocycles. The first-order chi connectivity index (χ1) is 14.5. The van der Waals surface area contributed by atoms with Crippen LogP contribution in [0.1, 0.15) is 12.0 Å². The van der Waals surface area contributed by atoms with Crippen LogP contribution in [0.25, 0.3) is 0 Å². The fraction of sp³-hybridized carbons (Fsp3) is 0.174. The fourth-order valence-corrected chi connectivity index (χ4v) is 4.25. The Bertz CT molecular complexity index is 1070. The summed E-state index contributed by atoms with van der Waals surface area (Å²) < 4.78 is 30.2. The Labute approximate surface area is 177 Å². The van der Waals surface area contributed by atoms with Crippen molar-refractivity contribution in [3.8, 4) is 11.5 Å². The van der Waals surface area contributed by atoms with E-state index in [-0.39, 0.29) is 17.5 Å². The van der Waals surface area contributed by atoms with Crippen LogP contribution in [0.15, 0.2) is 89.9 Å². The van der Waals surface area contributed by atoms with Crippen LogP contribution in [0.5, 0.6) is 11.5 Å². The van der Waals surface area contributed by atoms with Crippen molar-refractivity contribution in [1.29, 1.82) is 0 Å². The molecule has 0 aromatic heterocycles. The van der Waals surface area contributed by atoms with Gasteiger partial charge in [-0.25, -0.2) is 8.42 Å². The van der Waals surface area contributed by atoms with E-state index in [4.69, 9.17) is 10.5 Å². The molecule has 0 spiro atoms. The van der Waals surface area contributed by atoms with Crippen molar-refractivity contribution < 1.29 is 13.2 Å². The minimum absolute atomic E-state index is 0.0412. The number of anilines is 1. The maximum absolute atomic E-state index is 12.2. The van der Waals surface area contributed by atoms with Gasteiger partial charge in [-0.3, -0.25) is 4.99 Å². The van der Waals surface area contributed by atoms with Crippen molar-refractivity contribution in [2.75, 3.05) is 17.6 Å². The number of ether oxygens (including phenoxy) is 1. The number of benzene rings is 3. The molecule has 0 atom stereocenters. The van der Waals surface area contributed by atoms with E-state index in [2.05, 4.69) is 10.3 Å². The van der Waals surface area contributed by atoms with Crippen molar-refractivity contribution in [3.63, 3.8) is 0 Å². The zero-order valence-corrected chi connectivity index (χ0v) is 17.4. The van der Waals surface area contributed by atoms with E-state index in [1.807, 2.05) is 84.9 Å². The molecule has 0 saturated carbocycles. The predicted molar refractivity (Wildman–Crippen MR) is 122 cm³/mol. The molecular weight excluding hydrogens is 398 g/mol. The van der Waals surface area contributed by atoms with Crippen molar-refractivity contribution in [3.05, 3.63) is 90.5 Å². The third-order valence-electron chi connectivity index (χ3n) is 4.21. The van der Waals surface area contributed by atoms with Gasteiger partial charge in [0.2, 0.25) is 0 Å². The number of rotatable bonds is 9. The van der Waals surface area contributed by atoms with Crippen LogP contribution < -0.4 is 15.8 Å². The van der Waals surface area contributed by atoms with E-state index >= 15 is 0 Å². The molecule has 0 heterocycles. The summed E-state index contributed by atoms with van der Waals surface area (Å²) in [5.41, 5.74) is 7.46. The molecule has 0 aliphatic rings. The lowest BCUT2D eigenvalue weighted by atomic mass is 10.2. The van der Waals surface area contributed by atoms with Crippen LogP contribution >= 0.6 is 0 Å². The van der Waals surface area contributed by atoms with Crippen molar-refractivity contribution in [1.82, 2.24) is 0 Å². The van der Waals surface area contributed by atoms with Crippen LogP contribution in [-0.2, 0) is 15.6 Å². The van der Waals surface area contributed by atoms with Gasteiger partial charge in [-0.05, 0) is 36.2 Å². The molecule has 156 valence electrons. The number of hydrogen-bond acceptors (Lipinski definition) is 4. The number of nitrogens with one attached hydrogen (secondary N) is 1. The maximum atomic E-state index is 12.2. The standard InChI is InChI=1S/C23H25N3O3S/c24-23(25-15-8-16-30(27,28)18-19-9-3-1-4-10-19)26-20-11-7-14-22(17-20)29-21-12-5-2-6-13-21/h1-7,9-14,17H,8,15-16,18H2,(H3,24,25,26). The Morgan fingerprint density at radius 3 is 2.30 bits per heavy atom. The summed E-state index contributed by atoms with van der Waals surface area (Å²) in [4.78, 5) is 4.22. The van der Waals surface area contributed by atoms with E-state index < -0.39 is 9.84 Å². The molecule has 3 N–H and O–H groups in total. The Hall–Kier alpha value is -3.32. The average Bonchev–Trinajstić information content (AvgIpc) is 2.73. The van der Waals surface area contributed by atoms with Crippen LogP contribution in [0.2, 0.25) is 0 Å². The Balaban J connectivity index is 1.47. The molecule has 0 unspecified atom stereocenters. The lowest BCUT2D eigenvalue weighted by molar-refractivity contribution is 0.483. The van der Waals surface area contributed by atoms with Gasteiger partial charge in [0.1, 0.15) is 11.5 Å². The smallest absolute Gasteiger partial charge is 0.193 e. The first-order valence-corrected chi connectivity index (χ1v) is 11.5. The van der Waals surface area contributed by atoms with Gasteiger partial charge in [0.05, 0.1) is 11.5 Å². The normalized spacial score (nSPS) is 11.8. The lowest BCUT2D eigenvalue weighted by Crippen LogP contribution is -2.23. The summed E-state index contributed by atoms with van der Waals surface area (Å²) in [6, 6.07) is 26.0. The number of nitrogens with zero attached hydrogens (tertiary/aromatic N) is 1. The molecule has 3 aromatic carbocycles. The highest BCUT2D eigenvalue weighted by Gasteiger charge is 2.11. The Morgan fingerprint density at radius 1 is 0.900 bits per heavy atom. The number of guanidine groups is 1. The zero-order chi connectivity index (χ0) is 21.2.